The van der Waals surface area contributed by atoms with E-state index in [4.69, 9.17) is 0 Å². The molecular formula is C27H27F2N5O. The number of carbonyl (C=O) groups is 1. The van der Waals surface area contributed by atoms with Crippen LogP contribution in [0.1, 0.15) is 31.4 Å². The van der Waals surface area contributed by atoms with Crippen LogP contribution in [0, 0.1) is 23.0 Å². The maximum Gasteiger partial charge on any atom is 0.322 e. The molecule has 1 aliphatic carbocycles. The zero-order chi connectivity index (χ0) is 24.8. The fourth-order valence-corrected chi connectivity index (χ4v) is 4.34. The lowest BCUT2D eigenvalue weighted by atomic mass is 10.0. The Bertz CT molecular complexity index is 1220. The molecule has 0 aromatic heterocycles. The van der Waals surface area contributed by atoms with Gasteiger partial charge in [0.15, 0.2) is 0 Å². The predicted molar refractivity (Wildman–Crippen MR) is 131 cm³/mol. The van der Waals surface area contributed by atoms with Crippen molar-refractivity contribution in [2.45, 2.75) is 25.8 Å². The van der Waals surface area contributed by atoms with Gasteiger partial charge in [-0.25, -0.2) is 13.6 Å². The van der Waals surface area contributed by atoms with Gasteiger partial charge in [0.05, 0.1) is 23.9 Å². The number of allylic oxidation sites excluding steroid dienone is 4. The number of nitrogens with zero attached hydrogens (tertiary/aromatic N) is 3. The third-order valence-corrected chi connectivity index (χ3v) is 6.19. The number of hydrogen-bond donors (Lipinski definition) is 2. The largest absolute Gasteiger partial charge is 0.353 e. The fraction of sp³-hybridized carbons (Fsp3) is 0.259. The van der Waals surface area contributed by atoms with Gasteiger partial charge in [0.25, 0.3) is 0 Å². The molecule has 1 atom stereocenters. The second-order valence-electron chi connectivity index (χ2n) is 8.49. The molecule has 2 amide bonds. The van der Waals surface area contributed by atoms with E-state index in [1.165, 1.54) is 12.1 Å². The minimum atomic E-state index is -0.833. The summed E-state index contributed by atoms with van der Waals surface area (Å²) in [6.45, 7) is 3.28. The van der Waals surface area contributed by atoms with Crippen LogP contribution in [0.4, 0.5) is 19.3 Å². The normalized spacial score (nSPS) is 18.3. The molecule has 1 saturated heterocycles. The van der Waals surface area contributed by atoms with Gasteiger partial charge in [0, 0.05) is 31.4 Å². The Morgan fingerprint density at radius 2 is 1.86 bits per heavy atom. The number of piperazine rings is 1. The summed E-state index contributed by atoms with van der Waals surface area (Å²) in [5.74, 6) is -0.876. The molecule has 1 fully saturated rings. The average molecular weight is 476 g/mol. The summed E-state index contributed by atoms with van der Waals surface area (Å²) in [5.41, 5.74) is 2.93. The van der Waals surface area contributed by atoms with Crippen molar-refractivity contribution in [1.82, 2.24) is 15.1 Å². The van der Waals surface area contributed by atoms with Gasteiger partial charge < -0.3 is 20.4 Å². The lowest BCUT2D eigenvalue weighted by Gasteiger charge is -2.43. The van der Waals surface area contributed by atoms with E-state index in [1.54, 1.807) is 4.90 Å². The van der Waals surface area contributed by atoms with Gasteiger partial charge in [-0.1, -0.05) is 42.5 Å². The first-order valence-electron chi connectivity index (χ1n) is 11.5. The Balaban J connectivity index is 1.57. The average Bonchev–Trinajstić information content (AvgIpc) is 2.87. The summed E-state index contributed by atoms with van der Waals surface area (Å²) >= 11 is 0. The molecule has 1 unspecified atom stereocenters. The standard InChI is InChI=1S/C27H27F2N5O/c1-19-7-5-6-10-23(19)31-26(13-14-30)33-15-16-34(25(18-33)20-8-3-2-4-9-20)27(35)32-24-12-11-21(28)17-22(24)29/h2-4,7-13,17,25,31H,5-6,15-16,18H2,1H3,(H,32,35)/b26-13-. The van der Waals surface area contributed by atoms with Crippen LogP contribution in [0.5, 0.6) is 0 Å². The summed E-state index contributed by atoms with van der Waals surface area (Å²) in [5, 5.41) is 15.4. The first kappa shape index (κ1) is 24.0. The Labute approximate surface area is 203 Å². The van der Waals surface area contributed by atoms with Crippen LogP contribution in [0.3, 0.4) is 0 Å². The van der Waals surface area contributed by atoms with Gasteiger partial charge >= 0.3 is 6.03 Å². The van der Waals surface area contributed by atoms with Gasteiger partial charge in [-0.3, -0.25) is 0 Å². The van der Waals surface area contributed by atoms with Crippen molar-refractivity contribution < 1.29 is 13.6 Å². The quantitative estimate of drug-likeness (QED) is 0.566. The number of hydrogen-bond acceptors (Lipinski definition) is 4. The van der Waals surface area contributed by atoms with Crippen LogP contribution < -0.4 is 10.6 Å². The molecule has 0 radical (unpaired) electrons. The van der Waals surface area contributed by atoms with Crippen LogP contribution in [0.2, 0.25) is 0 Å². The van der Waals surface area contributed by atoms with Crippen molar-refractivity contribution in [3.8, 4) is 6.07 Å². The summed E-state index contributed by atoms with van der Waals surface area (Å²) in [4.78, 5) is 16.9. The van der Waals surface area contributed by atoms with Crippen molar-refractivity contribution in [2.24, 2.45) is 0 Å². The third-order valence-electron chi connectivity index (χ3n) is 6.19. The summed E-state index contributed by atoms with van der Waals surface area (Å²) < 4.78 is 27.5. The topological polar surface area (TPSA) is 71.4 Å². The summed E-state index contributed by atoms with van der Waals surface area (Å²) in [7, 11) is 0. The molecule has 8 heteroatoms. The number of nitrogens with one attached hydrogen (secondary N) is 2. The zero-order valence-electron chi connectivity index (χ0n) is 19.5. The van der Waals surface area contributed by atoms with E-state index < -0.39 is 17.7 Å². The maximum atomic E-state index is 14.2. The molecule has 6 nitrogen and oxygen atoms in total. The first-order valence-corrected chi connectivity index (χ1v) is 11.5. The highest BCUT2D eigenvalue weighted by atomic mass is 19.1. The number of carbonyl (C=O) groups excluding carboxylic acids is 1. The van der Waals surface area contributed by atoms with Crippen LogP contribution in [-0.2, 0) is 0 Å². The summed E-state index contributed by atoms with van der Waals surface area (Å²) in [6.07, 6.45) is 7.69. The third kappa shape index (κ3) is 5.69. The smallest absolute Gasteiger partial charge is 0.322 e. The second-order valence-corrected chi connectivity index (χ2v) is 8.49. The molecule has 180 valence electrons. The highest BCUT2D eigenvalue weighted by molar-refractivity contribution is 5.89. The molecule has 0 bridgehead atoms. The second kappa shape index (κ2) is 10.9. The predicted octanol–water partition coefficient (Wildman–Crippen LogP) is 5.43. The Morgan fingerprint density at radius 3 is 2.57 bits per heavy atom. The monoisotopic (exact) mass is 475 g/mol. The Kier molecular flexibility index (Phi) is 7.46. The molecule has 2 aromatic rings. The minimum Gasteiger partial charge on any atom is -0.353 e. The SMILES string of the molecule is CC1=CCCC=C1N/C(=C/C#N)N1CCN(C(=O)Nc2ccc(F)cc2F)C(c2ccccc2)C1. The van der Waals surface area contributed by atoms with Gasteiger partial charge in [-0.2, -0.15) is 5.26 Å². The van der Waals surface area contributed by atoms with Crippen molar-refractivity contribution in [1.29, 1.82) is 5.26 Å². The van der Waals surface area contributed by atoms with Crippen molar-refractivity contribution in [2.75, 3.05) is 25.0 Å². The number of halogens is 2. The molecule has 4 rings (SSSR count). The molecule has 2 N–H and O–H groups in total. The van der Waals surface area contributed by atoms with Crippen LogP contribution >= 0.6 is 0 Å². The molecular weight excluding hydrogens is 448 g/mol. The molecule has 1 aliphatic heterocycles. The number of anilines is 1. The van der Waals surface area contributed by atoms with E-state index in [0.717, 1.165) is 41.8 Å². The molecule has 0 saturated carbocycles. The van der Waals surface area contributed by atoms with E-state index in [0.29, 0.717) is 25.5 Å². The molecule has 2 aromatic carbocycles. The van der Waals surface area contributed by atoms with E-state index >= 15 is 0 Å². The number of benzene rings is 2. The van der Waals surface area contributed by atoms with Gasteiger partial charge in [0.2, 0.25) is 0 Å². The van der Waals surface area contributed by atoms with Crippen molar-refractivity contribution in [3.05, 3.63) is 101 Å². The lowest BCUT2D eigenvalue weighted by molar-refractivity contribution is 0.117. The van der Waals surface area contributed by atoms with E-state index in [-0.39, 0.29) is 11.7 Å². The molecule has 2 aliphatic rings. The van der Waals surface area contributed by atoms with E-state index in [9.17, 15) is 18.8 Å². The van der Waals surface area contributed by atoms with Crippen LogP contribution in [0.25, 0.3) is 0 Å². The van der Waals surface area contributed by atoms with Gasteiger partial charge in [-0.15, -0.1) is 0 Å². The highest BCUT2D eigenvalue weighted by Crippen LogP contribution is 2.29. The van der Waals surface area contributed by atoms with Crippen LogP contribution in [0.15, 0.2) is 83.9 Å². The Hall–Kier alpha value is -4.12. The summed E-state index contributed by atoms with van der Waals surface area (Å²) in [6, 6.07) is 13.9. The fourth-order valence-electron chi connectivity index (χ4n) is 4.34. The molecule has 35 heavy (non-hydrogen) atoms. The highest BCUT2D eigenvalue weighted by Gasteiger charge is 2.33. The maximum absolute atomic E-state index is 14.2. The van der Waals surface area contributed by atoms with Crippen molar-refractivity contribution >= 4 is 11.7 Å². The van der Waals surface area contributed by atoms with Gasteiger partial charge in [-0.05, 0) is 43.0 Å². The molecule has 0 spiro atoms. The van der Waals surface area contributed by atoms with Gasteiger partial charge in [0.1, 0.15) is 17.5 Å². The lowest BCUT2D eigenvalue weighted by Crippen LogP contribution is -2.52. The minimum absolute atomic E-state index is 0.0797. The Morgan fingerprint density at radius 1 is 1.09 bits per heavy atom. The number of urea groups is 1. The molecule has 1 heterocycles. The number of nitriles is 1. The number of amides is 2. The first-order chi connectivity index (χ1) is 17.0. The van der Waals surface area contributed by atoms with E-state index in [2.05, 4.69) is 28.9 Å². The van der Waals surface area contributed by atoms with E-state index in [1.807, 2.05) is 42.2 Å². The van der Waals surface area contributed by atoms with Crippen molar-refractivity contribution in [3.63, 3.8) is 0 Å². The zero-order valence-corrected chi connectivity index (χ0v) is 19.5. The number of rotatable bonds is 5. The van der Waals surface area contributed by atoms with Crippen LogP contribution in [-0.4, -0.2) is 35.5 Å².